The molecule has 1 aliphatic heterocycles. The van der Waals surface area contributed by atoms with Crippen molar-refractivity contribution in [3.05, 3.63) is 104 Å². The van der Waals surface area contributed by atoms with Gasteiger partial charge in [0.05, 0.1) is 26.8 Å². The van der Waals surface area contributed by atoms with Crippen LogP contribution < -0.4 is 4.90 Å². The molecular weight excluding hydrogens is 478 g/mol. The highest BCUT2D eigenvalue weighted by atomic mass is 32.1. The fourth-order valence-corrected chi connectivity index (χ4v) is 5.62. The zero-order valence-electron chi connectivity index (χ0n) is 19.7. The van der Waals surface area contributed by atoms with Crippen molar-refractivity contribution in [1.29, 1.82) is 0 Å². The van der Waals surface area contributed by atoms with Gasteiger partial charge in [0.2, 0.25) is 0 Å². The highest BCUT2D eigenvalue weighted by Crippen LogP contribution is 2.45. The summed E-state index contributed by atoms with van der Waals surface area (Å²) in [5, 5.41) is 22.7. The minimum absolute atomic E-state index is 0.0927. The van der Waals surface area contributed by atoms with Crippen LogP contribution in [-0.4, -0.2) is 26.7 Å². The molecule has 0 bridgehead atoms. The van der Waals surface area contributed by atoms with Gasteiger partial charge in [0, 0.05) is 17.7 Å². The third-order valence-electron chi connectivity index (χ3n) is 6.21. The van der Waals surface area contributed by atoms with Crippen molar-refractivity contribution < 1.29 is 19.6 Å². The molecule has 2 heterocycles. The van der Waals surface area contributed by atoms with E-state index in [1.807, 2.05) is 32.9 Å². The highest BCUT2D eigenvalue weighted by molar-refractivity contribution is 7.22. The van der Waals surface area contributed by atoms with Gasteiger partial charge in [0.15, 0.2) is 5.13 Å². The first kappa shape index (κ1) is 23.4. The molecule has 3 aromatic carbocycles. The molecule has 0 radical (unpaired) electrons. The zero-order chi connectivity index (χ0) is 25.7. The van der Waals surface area contributed by atoms with Crippen LogP contribution >= 0.6 is 11.3 Å². The fraction of sp³-hybridized carbons (Fsp3) is 0.148. The molecule has 4 aromatic rings. The monoisotopic (exact) mass is 499 g/mol. The maximum Gasteiger partial charge on any atom is 0.301 e. The quantitative estimate of drug-likeness (QED) is 0.126. The molecule has 5 rings (SSSR count). The number of hydrogen-bond donors (Lipinski definition) is 1. The van der Waals surface area contributed by atoms with E-state index in [1.54, 1.807) is 24.3 Å². The molecule has 9 heteroatoms. The van der Waals surface area contributed by atoms with Crippen molar-refractivity contribution in [3.8, 4) is 0 Å². The Bertz CT molecular complexity index is 1590. The van der Waals surface area contributed by atoms with E-state index in [-0.39, 0.29) is 17.0 Å². The fourth-order valence-electron chi connectivity index (χ4n) is 4.45. The largest absolute Gasteiger partial charge is 0.507 e. The predicted octanol–water partition coefficient (Wildman–Crippen LogP) is 5.76. The number of fused-ring (bicyclic) bond motifs is 1. The predicted molar refractivity (Wildman–Crippen MR) is 138 cm³/mol. The van der Waals surface area contributed by atoms with E-state index in [0.29, 0.717) is 16.3 Å². The number of nitro groups is 1. The summed E-state index contributed by atoms with van der Waals surface area (Å²) in [6.07, 6.45) is 0. The average Bonchev–Trinajstić information content (AvgIpc) is 3.38. The molecule has 1 amide bonds. The molecule has 36 heavy (non-hydrogen) atoms. The number of carbonyl (C=O) groups is 2. The van der Waals surface area contributed by atoms with Gasteiger partial charge in [-0.15, -0.1) is 0 Å². The summed E-state index contributed by atoms with van der Waals surface area (Å²) in [6.45, 7) is 5.80. The second-order valence-electron chi connectivity index (χ2n) is 8.81. The number of non-ortho nitro benzene ring substituents is 1. The Morgan fingerprint density at radius 3 is 2.31 bits per heavy atom. The number of thiazole rings is 1. The van der Waals surface area contributed by atoms with E-state index in [9.17, 15) is 24.8 Å². The number of aryl methyl sites for hydroxylation is 3. The first-order chi connectivity index (χ1) is 17.2. The van der Waals surface area contributed by atoms with Gasteiger partial charge in [-0.1, -0.05) is 47.2 Å². The second-order valence-corrected chi connectivity index (χ2v) is 9.82. The summed E-state index contributed by atoms with van der Waals surface area (Å²) < 4.78 is 0.866. The first-order valence-corrected chi connectivity index (χ1v) is 12.0. The lowest BCUT2D eigenvalue weighted by Crippen LogP contribution is -2.29. The topological polar surface area (TPSA) is 114 Å². The Hall–Kier alpha value is -4.37. The van der Waals surface area contributed by atoms with E-state index in [4.69, 9.17) is 0 Å². The van der Waals surface area contributed by atoms with Gasteiger partial charge >= 0.3 is 5.91 Å². The SMILES string of the molecule is Cc1ccc(C(O)=C2C(=O)C(=O)N(c3nc4c(C)cc(C)cc4s3)C2c2ccc([N+](=O)[O-])cc2)cc1. The van der Waals surface area contributed by atoms with Gasteiger partial charge in [0.25, 0.3) is 11.5 Å². The molecule has 8 nitrogen and oxygen atoms in total. The summed E-state index contributed by atoms with van der Waals surface area (Å²) in [5.41, 5.74) is 4.30. The van der Waals surface area contributed by atoms with Crippen LogP contribution in [0, 0.1) is 30.9 Å². The first-order valence-electron chi connectivity index (χ1n) is 11.2. The van der Waals surface area contributed by atoms with Gasteiger partial charge in [0.1, 0.15) is 5.76 Å². The number of nitro benzene ring substituents is 1. The van der Waals surface area contributed by atoms with Crippen molar-refractivity contribution >= 4 is 49.8 Å². The van der Waals surface area contributed by atoms with Gasteiger partial charge in [-0.05, 0) is 55.7 Å². The second kappa shape index (κ2) is 8.69. The molecule has 1 aliphatic rings. The number of benzene rings is 3. The van der Waals surface area contributed by atoms with Crippen molar-refractivity contribution in [3.63, 3.8) is 0 Å². The third-order valence-corrected chi connectivity index (χ3v) is 7.22. The van der Waals surface area contributed by atoms with Crippen molar-refractivity contribution in [2.75, 3.05) is 4.90 Å². The molecular formula is C27H21N3O5S. The maximum atomic E-state index is 13.4. The molecule has 1 atom stereocenters. The van der Waals surface area contributed by atoms with Crippen LogP contribution in [0.25, 0.3) is 16.0 Å². The molecule has 1 unspecified atom stereocenters. The zero-order valence-corrected chi connectivity index (χ0v) is 20.5. The summed E-state index contributed by atoms with van der Waals surface area (Å²) in [6, 6.07) is 15.5. The van der Waals surface area contributed by atoms with Crippen LogP contribution in [0.15, 0.2) is 66.2 Å². The number of aromatic nitrogens is 1. The van der Waals surface area contributed by atoms with Crippen LogP contribution in [-0.2, 0) is 9.59 Å². The average molecular weight is 500 g/mol. The molecule has 0 spiro atoms. The summed E-state index contributed by atoms with van der Waals surface area (Å²) in [4.78, 5) is 43.3. The van der Waals surface area contributed by atoms with Crippen LogP contribution in [0.3, 0.4) is 0 Å². The number of aliphatic hydroxyl groups is 1. The Kier molecular flexibility index (Phi) is 5.64. The highest BCUT2D eigenvalue weighted by Gasteiger charge is 2.48. The molecule has 1 saturated heterocycles. The Balaban J connectivity index is 1.73. The van der Waals surface area contributed by atoms with Gasteiger partial charge in [-0.25, -0.2) is 4.98 Å². The number of nitrogens with zero attached hydrogens (tertiary/aromatic N) is 3. The number of aliphatic hydroxyl groups excluding tert-OH is 1. The standard InChI is InChI=1S/C27H21N3O5S/c1-14-4-6-18(7-5-14)24(31)21-23(17-8-10-19(11-9-17)30(34)35)29(26(33)25(21)32)27-28-22-16(3)12-15(2)13-20(22)36-27/h4-13,23,31H,1-3H3. The number of Topliss-reactive ketones (excluding diaryl/α,β-unsaturated/α-hetero) is 1. The van der Waals surface area contributed by atoms with Gasteiger partial charge in [-0.2, -0.15) is 0 Å². The van der Waals surface area contributed by atoms with Crippen molar-refractivity contribution in [2.45, 2.75) is 26.8 Å². The molecule has 1 aromatic heterocycles. The Morgan fingerprint density at radius 2 is 1.67 bits per heavy atom. The molecule has 0 aliphatic carbocycles. The lowest BCUT2D eigenvalue weighted by molar-refractivity contribution is -0.384. The maximum absolute atomic E-state index is 13.4. The number of anilines is 1. The Morgan fingerprint density at radius 1 is 1.00 bits per heavy atom. The summed E-state index contributed by atoms with van der Waals surface area (Å²) >= 11 is 1.28. The molecule has 1 N–H and O–H groups in total. The van der Waals surface area contributed by atoms with E-state index in [1.165, 1.54) is 40.5 Å². The van der Waals surface area contributed by atoms with E-state index < -0.39 is 22.7 Å². The van der Waals surface area contributed by atoms with Gasteiger partial charge < -0.3 is 5.11 Å². The van der Waals surface area contributed by atoms with E-state index in [0.717, 1.165) is 26.9 Å². The number of rotatable bonds is 4. The minimum Gasteiger partial charge on any atom is -0.507 e. The van der Waals surface area contributed by atoms with Gasteiger partial charge in [-0.3, -0.25) is 24.6 Å². The number of amides is 1. The number of ketones is 1. The van der Waals surface area contributed by atoms with Crippen molar-refractivity contribution in [1.82, 2.24) is 4.98 Å². The van der Waals surface area contributed by atoms with Crippen LogP contribution in [0.1, 0.15) is 33.9 Å². The summed E-state index contributed by atoms with van der Waals surface area (Å²) in [7, 11) is 0. The summed E-state index contributed by atoms with van der Waals surface area (Å²) in [5.74, 6) is -1.98. The minimum atomic E-state index is -1.01. The molecule has 0 saturated carbocycles. The van der Waals surface area contributed by atoms with Crippen LogP contribution in [0.4, 0.5) is 10.8 Å². The van der Waals surface area contributed by atoms with E-state index >= 15 is 0 Å². The molecule has 1 fully saturated rings. The molecule has 180 valence electrons. The number of hydrogen-bond acceptors (Lipinski definition) is 7. The van der Waals surface area contributed by atoms with Crippen LogP contribution in [0.2, 0.25) is 0 Å². The Labute approximate surface area is 210 Å². The smallest absolute Gasteiger partial charge is 0.301 e. The number of carbonyl (C=O) groups excluding carboxylic acids is 2. The third kappa shape index (κ3) is 3.83. The van der Waals surface area contributed by atoms with Crippen LogP contribution in [0.5, 0.6) is 0 Å². The lowest BCUT2D eigenvalue weighted by Gasteiger charge is -2.22. The van der Waals surface area contributed by atoms with Crippen molar-refractivity contribution in [2.24, 2.45) is 0 Å². The normalized spacial score (nSPS) is 17.2. The van der Waals surface area contributed by atoms with E-state index in [2.05, 4.69) is 4.98 Å². The lowest BCUT2D eigenvalue weighted by atomic mass is 9.95.